The minimum Gasteiger partial charge on any atom is -0.493 e. The lowest BCUT2D eigenvalue weighted by Crippen LogP contribution is -3.13. The first-order valence-corrected chi connectivity index (χ1v) is 10.6. The van der Waals surface area contributed by atoms with Crippen LogP contribution in [0.4, 0.5) is 4.39 Å². The monoisotopic (exact) mass is 413 g/mol. The third-order valence-corrected chi connectivity index (χ3v) is 6.27. The van der Waals surface area contributed by atoms with Crippen LogP contribution in [0.2, 0.25) is 0 Å². The van der Waals surface area contributed by atoms with Gasteiger partial charge < -0.3 is 19.7 Å². The molecule has 2 N–H and O–H groups in total. The molecule has 1 aliphatic carbocycles. The van der Waals surface area contributed by atoms with Crippen molar-refractivity contribution in [2.24, 2.45) is 5.92 Å². The van der Waals surface area contributed by atoms with Gasteiger partial charge in [-0.3, -0.25) is 4.79 Å². The van der Waals surface area contributed by atoms with E-state index in [0.717, 1.165) is 42.7 Å². The van der Waals surface area contributed by atoms with Crippen molar-refractivity contribution in [2.45, 2.75) is 44.8 Å². The second-order valence-corrected chi connectivity index (χ2v) is 8.42. The van der Waals surface area contributed by atoms with Crippen LogP contribution in [0.15, 0.2) is 36.4 Å². The Kier molecular flexibility index (Phi) is 5.95. The molecule has 1 amide bonds. The molecule has 1 heterocycles. The zero-order valence-corrected chi connectivity index (χ0v) is 17.8. The minimum absolute atomic E-state index is 0.0412. The molecule has 30 heavy (non-hydrogen) atoms. The van der Waals surface area contributed by atoms with E-state index >= 15 is 0 Å². The summed E-state index contributed by atoms with van der Waals surface area (Å²) in [4.78, 5) is 13.8. The lowest BCUT2D eigenvalue weighted by molar-refractivity contribution is -0.948. The van der Waals surface area contributed by atoms with Crippen LogP contribution in [0, 0.1) is 11.7 Å². The highest BCUT2D eigenvalue weighted by molar-refractivity contribution is 5.81. The van der Waals surface area contributed by atoms with Gasteiger partial charge in [-0.1, -0.05) is 12.1 Å². The molecule has 2 aromatic carbocycles. The fourth-order valence-electron chi connectivity index (χ4n) is 4.61. The van der Waals surface area contributed by atoms with E-state index in [2.05, 4.69) is 18.3 Å². The second kappa shape index (κ2) is 8.64. The molecule has 4 rings (SSSR count). The van der Waals surface area contributed by atoms with Crippen molar-refractivity contribution in [2.75, 3.05) is 20.8 Å². The van der Waals surface area contributed by atoms with Gasteiger partial charge in [0.05, 0.1) is 26.8 Å². The maximum absolute atomic E-state index is 13.8. The smallest absolute Gasteiger partial charge is 0.223 e. The number of carbonyl (C=O) groups is 1. The molecule has 160 valence electrons. The van der Waals surface area contributed by atoms with Crippen molar-refractivity contribution in [3.8, 4) is 11.5 Å². The number of rotatable bonds is 7. The lowest BCUT2D eigenvalue weighted by Gasteiger charge is -2.38. The van der Waals surface area contributed by atoms with E-state index in [1.54, 1.807) is 26.4 Å². The summed E-state index contributed by atoms with van der Waals surface area (Å²) in [5.74, 6) is 1.49. The van der Waals surface area contributed by atoms with Crippen LogP contribution in [-0.2, 0) is 17.8 Å². The number of halogens is 1. The maximum Gasteiger partial charge on any atom is 0.223 e. The largest absolute Gasteiger partial charge is 0.493 e. The second-order valence-electron chi connectivity index (χ2n) is 8.42. The van der Waals surface area contributed by atoms with Gasteiger partial charge >= 0.3 is 0 Å². The molecule has 0 aromatic heterocycles. The Hall–Kier alpha value is -2.60. The predicted molar refractivity (Wildman–Crippen MR) is 112 cm³/mol. The maximum atomic E-state index is 13.8. The molecule has 1 unspecified atom stereocenters. The Balaban J connectivity index is 1.68. The summed E-state index contributed by atoms with van der Waals surface area (Å²) in [6.45, 7) is 3.66. The summed E-state index contributed by atoms with van der Waals surface area (Å²) in [7, 11) is 3.28. The Morgan fingerprint density at radius 1 is 1.20 bits per heavy atom. The number of benzene rings is 2. The molecule has 3 atom stereocenters. The number of carbonyl (C=O) groups excluding carboxylic acids is 1. The first-order valence-electron chi connectivity index (χ1n) is 10.6. The van der Waals surface area contributed by atoms with Gasteiger partial charge in [-0.05, 0) is 49.6 Å². The van der Waals surface area contributed by atoms with Crippen molar-refractivity contribution in [3.05, 3.63) is 58.9 Å². The number of hydrogen-bond acceptors (Lipinski definition) is 3. The zero-order chi connectivity index (χ0) is 21.3. The van der Waals surface area contributed by atoms with E-state index in [1.165, 1.54) is 16.5 Å². The number of fused-ring (bicyclic) bond motifs is 1. The number of ether oxygens (including phenoxy) is 2. The van der Waals surface area contributed by atoms with Crippen LogP contribution in [0.1, 0.15) is 42.5 Å². The van der Waals surface area contributed by atoms with Gasteiger partial charge in [-0.25, -0.2) is 4.39 Å². The van der Waals surface area contributed by atoms with Gasteiger partial charge in [0.2, 0.25) is 5.91 Å². The van der Waals surface area contributed by atoms with Crippen molar-refractivity contribution in [1.82, 2.24) is 5.32 Å². The Morgan fingerprint density at radius 3 is 2.60 bits per heavy atom. The standard InChI is InChI=1S/C24H29FN2O3/c1-15(26-24(28)17-7-8-17)23-20-13-22(30-3)21(29-2)12-18(20)9-10-27(23)14-16-5-4-6-19(25)11-16/h4-6,11-13,15,17,23H,7-10,14H2,1-3H3,(H,26,28)/p+1/t15-,23+/m1/s1. The van der Waals surface area contributed by atoms with Gasteiger partial charge in [-0.2, -0.15) is 0 Å². The molecule has 0 saturated heterocycles. The Labute approximate surface area is 177 Å². The number of quaternary nitrogens is 1. The third kappa shape index (κ3) is 4.29. The molecular weight excluding hydrogens is 383 g/mol. The molecule has 2 aromatic rings. The highest BCUT2D eigenvalue weighted by Crippen LogP contribution is 2.35. The summed E-state index contributed by atoms with van der Waals surface area (Å²) in [6, 6.07) is 10.9. The quantitative estimate of drug-likeness (QED) is 0.733. The summed E-state index contributed by atoms with van der Waals surface area (Å²) in [5.41, 5.74) is 3.33. The molecule has 1 fully saturated rings. The van der Waals surface area contributed by atoms with E-state index < -0.39 is 0 Å². The number of methoxy groups -OCH3 is 2. The number of amides is 1. The summed E-state index contributed by atoms with van der Waals surface area (Å²) < 4.78 is 24.8. The molecular formula is C24H30FN2O3+. The summed E-state index contributed by atoms with van der Waals surface area (Å²) in [6.07, 6.45) is 2.84. The van der Waals surface area contributed by atoms with Crippen molar-refractivity contribution >= 4 is 5.91 Å². The Morgan fingerprint density at radius 2 is 1.93 bits per heavy atom. The van der Waals surface area contributed by atoms with E-state index in [1.807, 2.05) is 12.1 Å². The average molecular weight is 414 g/mol. The number of hydrogen-bond donors (Lipinski definition) is 2. The van der Waals surface area contributed by atoms with Gasteiger partial charge in [0.15, 0.2) is 11.5 Å². The van der Waals surface area contributed by atoms with Crippen LogP contribution >= 0.6 is 0 Å². The van der Waals surface area contributed by atoms with Crippen LogP contribution in [0.3, 0.4) is 0 Å². The van der Waals surface area contributed by atoms with Crippen LogP contribution in [-0.4, -0.2) is 32.7 Å². The lowest BCUT2D eigenvalue weighted by atomic mass is 9.87. The minimum atomic E-state index is -0.220. The van der Waals surface area contributed by atoms with Crippen molar-refractivity contribution in [1.29, 1.82) is 0 Å². The van der Waals surface area contributed by atoms with Crippen LogP contribution < -0.4 is 19.7 Å². The van der Waals surface area contributed by atoms with E-state index in [0.29, 0.717) is 12.3 Å². The molecule has 6 heteroatoms. The third-order valence-electron chi connectivity index (χ3n) is 6.27. The fraction of sp³-hybridized carbons (Fsp3) is 0.458. The molecule has 2 aliphatic rings. The molecule has 5 nitrogen and oxygen atoms in total. The normalized spacial score (nSPS) is 21.5. The molecule has 0 bridgehead atoms. The van der Waals surface area contributed by atoms with Crippen LogP contribution in [0.25, 0.3) is 0 Å². The highest BCUT2D eigenvalue weighted by atomic mass is 19.1. The van der Waals surface area contributed by atoms with Gasteiger partial charge in [0, 0.05) is 23.5 Å². The van der Waals surface area contributed by atoms with Crippen LogP contribution in [0.5, 0.6) is 11.5 Å². The molecule has 0 spiro atoms. The summed E-state index contributed by atoms with van der Waals surface area (Å²) >= 11 is 0. The highest BCUT2D eigenvalue weighted by Gasteiger charge is 2.39. The van der Waals surface area contributed by atoms with E-state index in [-0.39, 0.29) is 29.7 Å². The van der Waals surface area contributed by atoms with Crippen molar-refractivity contribution in [3.63, 3.8) is 0 Å². The van der Waals surface area contributed by atoms with E-state index in [9.17, 15) is 9.18 Å². The Bertz CT molecular complexity index is 929. The molecule has 1 saturated carbocycles. The zero-order valence-electron chi connectivity index (χ0n) is 17.8. The first kappa shape index (κ1) is 20.7. The SMILES string of the molecule is COc1cc2c(cc1OC)[C@H]([C@@H](C)NC(=O)C1CC1)[NH+](Cc1cccc(F)c1)CC2. The number of nitrogens with one attached hydrogen (secondary N) is 2. The van der Waals surface area contributed by atoms with Gasteiger partial charge in [0.1, 0.15) is 18.4 Å². The van der Waals surface area contributed by atoms with Crippen molar-refractivity contribution < 1.29 is 23.6 Å². The van der Waals surface area contributed by atoms with Gasteiger partial charge in [0.25, 0.3) is 0 Å². The predicted octanol–water partition coefficient (Wildman–Crippen LogP) is 2.44. The molecule has 1 aliphatic heterocycles. The first-order chi connectivity index (χ1) is 14.5. The molecule has 0 radical (unpaired) electrons. The topological polar surface area (TPSA) is 52.0 Å². The van der Waals surface area contributed by atoms with Gasteiger partial charge in [-0.15, -0.1) is 0 Å². The summed E-state index contributed by atoms with van der Waals surface area (Å²) in [5, 5.41) is 3.24. The fourth-order valence-corrected chi connectivity index (χ4v) is 4.61. The average Bonchev–Trinajstić information content (AvgIpc) is 3.58. The van der Waals surface area contributed by atoms with E-state index in [4.69, 9.17) is 9.47 Å².